The molecule has 0 saturated heterocycles. The molecule has 14 heavy (non-hydrogen) atoms. The van der Waals surface area contributed by atoms with Crippen molar-refractivity contribution >= 4 is 12.2 Å². The van der Waals surface area contributed by atoms with Gasteiger partial charge in [-0.25, -0.2) is 13.2 Å². The molecule has 0 aliphatic heterocycles. The quantitative estimate of drug-likeness (QED) is 0.636. The van der Waals surface area contributed by atoms with E-state index < -0.39 is 17.5 Å². The predicted octanol–water partition coefficient (Wildman–Crippen LogP) is 3.57. The van der Waals surface area contributed by atoms with Crippen molar-refractivity contribution in [3.63, 3.8) is 0 Å². The van der Waals surface area contributed by atoms with E-state index in [1.807, 2.05) is 0 Å². The van der Waals surface area contributed by atoms with Gasteiger partial charge in [-0.3, -0.25) is 0 Å². The van der Waals surface area contributed by atoms with Gasteiger partial charge in [-0.1, -0.05) is 25.3 Å². The summed E-state index contributed by atoms with van der Waals surface area (Å²) in [5, 5.41) is 0. The van der Waals surface area contributed by atoms with E-state index in [9.17, 15) is 13.2 Å². The van der Waals surface area contributed by atoms with Crippen LogP contribution in [0.5, 0.6) is 0 Å². The van der Waals surface area contributed by atoms with E-state index in [1.165, 1.54) is 6.08 Å². The van der Waals surface area contributed by atoms with E-state index in [2.05, 4.69) is 20.1 Å². The number of hydrogen-bond acceptors (Lipinski definition) is 0. The number of halogens is 3. The van der Waals surface area contributed by atoms with Gasteiger partial charge in [0.2, 0.25) is 0 Å². The lowest BCUT2D eigenvalue weighted by atomic mass is 10.0. The van der Waals surface area contributed by atoms with Crippen molar-refractivity contribution < 1.29 is 13.2 Å². The average molecular weight is 197 g/mol. The predicted molar refractivity (Wildman–Crippen MR) is 51.0 cm³/mol. The van der Waals surface area contributed by atoms with E-state index in [1.54, 1.807) is 0 Å². The summed E-state index contributed by atoms with van der Waals surface area (Å²) in [7, 11) is 0. The van der Waals surface area contributed by atoms with Crippen LogP contribution in [0, 0.1) is 24.4 Å². The molecule has 3 heteroatoms. The highest BCUT2D eigenvalue weighted by Crippen LogP contribution is 2.26. The molecular weight excluding hydrogens is 189 g/mol. The van der Waals surface area contributed by atoms with Gasteiger partial charge in [-0.15, -0.1) is 0 Å². The largest absolute Gasteiger partial charge is 0.203 e. The molecule has 0 nitrogen and oxygen atoms in total. The molecule has 0 aromatic heterocycles. The average Bonchev–Trinajstić information content (AvgIpc) is 2.20. The van der Waals surface area contributed by atoms with E-state index in [4.69, 9.17) is 0 Å². The zero-order chi connectivity index (χ0) is 10.9. The van der Waals surface area contributed by atoms with Crippen LogP contribution in [0.1, 0.15) is 16.7 Å². The first-order valence-electron chi connectivity index (χ1n) is 3.81. The molecule has 1 aromatic carbocycles. The Balaban J connectivity index is 3.73. The van der Waals surface area contributed by atoms with Gasteiger partial charge in [-0.2, -0.15) is 0 Å². The van der Waals surface area contributed by atoms with Crippen molar-refractivity contribution in [2.75, 3.05) is 0 Å². The second kappa shape index (κ2) is 3.70. The molecule has 0 saturated carbocycles. The van der Waals surface area contributed by atoms with Gasteiger partial charge in [-0.05, 0) is 18.1 Å². The Hall–Kier alpha value is -1.51. The maximum absolute atomic E-state index is 13.1. The summed E-state index contributed by atoms with van der Waals surface area (Å²) in [6.45, 7) is 9.98. The first-order valence-corrected chi connectivity index (χ1v) is 3.81. The minimum absolute atomic E-state index is 0.121. The molecule has 0 N–H and O–H groups in total. The second-order valence-corrected chi connectivity index (χ2v) is 2.66. The van der Waals surface area contributed by atoms with Crippen LogP contribution in [0.3, 0.4) is 0 Å². The van der Waals surface area contributed by atoms with Gasteiger partial charge >= 0.3 is 0 Å². The van der Waals surface area contributed by atoms with Crippen molar-refractivity contribution in [1.82, 2.24) is 0 Å². The molecular formula is C11H8F3. The Labute approximate surface area is 80.4 Å². The van der Waals surface area contributed by atoms with E-state index >= 15 is 0 Å². The molecule has 1 rings (SSSR count). The summed E-state index contributed by atoms with van der Waals surface area (Å²) < 4.78 is 39.0. The topological polar surface area (TPSA) is 0 Å². The third-order valence-electron chi connectivity index (χ3n) is 1.91. The highest BCUT2D eigenvalue weighted by Gasteiger charge is 2.19. The standard InChI is InChI=1S/C11H8F3/c1-4-7-6(3)9(12)11(14)10(13)8(7)5-2/h4-5H,1-3H2. The maximum atomic E-state index is 13.1. The maximum Gasteiger partial charge on any atom is 0.195 e. The summed E-state index contributed by atoms with van der Waals surface area (Å²) in [6, 6.07) is 0. The molecule has 0 spiro atoms. The molecule has 0 amide bonds. The van der Waals surface area contributed by atoms with Crippen LogP contribution < -0.4 is 0 Å². The molecule has 0 atom stereocenters. The Morgan fingerprint density at radius 1 is 0.786 bits per heavy atom. The molecule has 1 aromatic rings. The zero-order valence-electron chi connectivity index (χ0n) is 7.41. The Bertz CT molecular complexity index is 367. The molecule has 0 heterocycles. The Morgan fingerprint density at radius 3 is 1.71 bits per heavy atom. The lowest BCUT2D eigenvalue weighted by molar-refractivity contribution is 0.443. The monoisotopic (exact) mass is 197 g/mol. The SMILES string of the molecule is [CH2]c1c(F)c(F)c(F)c(C=C)c1C=C. The fourth-order valence-electron chi connectivity index (χ4n) is 1.18. The Kier molecular flexibility index (Phi) is 2.79. The summed E-state index contributed by atoms with van der Waals surface area (Å²) in [5.74, 6) is -4.08. The number of rotatable bonds is 2. The van der Waals surface area contributed by atoms with Gasteiger partial charge in [0.05, 0.1) is 0 Å². The Morgan fingerprint density at radius 2 is 1.29 bits per heavy atom. The van der Waals surface area contributed by atoms with Crippen molar-refractivity contribution in [3.05, 3.63) is 54.2 Å². The smallest absolute Gasteiger partial charge is 0.195 e. The van der Waals surface area contributed by atoms with Gasteiger partial charge < -0.3 is 0 Å². The fraction of sp³-hybridized carbons (Fsp3) is 0. The molecule has 73 valence electrons. The van der Waals surface area contributed by atoms with Gasteiger partial charge in [0.1, 0.15) is 0 Å². The molecule has 0 bridgehead atoms. The van der Waals surface area contributed by atoms with Gasteiger partial charge in [0, 0.05) is 5.56 Å². The summed E-state index contributed by atoms with van der Waals surface area (Å²) in [5.41, 5.74) is -0.214. The van der Waals surface area contributed by atoms with Crippen molar-refractivity contribution in [1.29, 1.82) is 0 Å². The molecule has 0 aliphatic rings. The number of benzene rings is 1. The van der Waals surface area contributed by atoms with Crippen molar-refractivity contribution in [3.8, 4) is 0 Å². The van der Waals surface area contributed by atoms with Crippen molar-refractivity contribution in [2.45, 2.75) is 0 Å². The van der Waals surface area contributed by atoms with Crippen LogP contribution in [-0.2, 0) is 0 Å². The summed E-state index contributed by atoms with van der Waals surface area (Å²) in [4.78, 5) is 0. The third kappa shape index (κ3) is 1.35. The zero-order valence-corrected chi connectivity index (χ0v) is 7.41. The lowest BCUT2D eigenvalue weighted by Crippen LogP contribution is -2.01. The van der Waals surface area contributed by atoms with Gasteiger partial charge in [0.15, 0.2) is 17.5 Å². The van der Waals surface area contributed by atoms with Crippen LogP contribution in [-0.4, -0.2) is 0 Å². The lowest BCUT2D eigenvalue weighted by Gasteiger charge is -2.09. The van der Waals surface area contributed by atoms with E-state index in [0.717, 1.165) is 6.08 Å². The van der Waals surface area contributed by atoms with Crippen LogP contribution >= 0.6 is 0 Å². The van der Waals surface area contributed by atoms with Crippen LogP contribution in [0.4, 0.5) is 13.2 Å². The normalized spacial score (nSPS) is 10.0. The highest BCUT2D eigenvalue weighted by molar-refractivity contribution is 5.67. The van der Waals surface area contributed by atoms with Crippen molar-refractivity contribution in [2.24, 2.45) is 0 Å². The minimum atomic E-state index is -1.53. The fourth-order valence-corrected chi connectivity index (χ4v) is 1.18. The summed E-state index contributed by atoms with van der Waals surface area (Å²) in [6.07, 6.45) is 2.31. The minimum Gasteiger partial charge on any atom is -0.203 e. The molecule has 0 unspecified atom stereocenters. The third-order valence-corrected chi connectivity index (χ3v) is 1.91. The molecule has 0 fully saturated rings. The molecule has 1 radical (unpaired) electrons. The van der Waals surface area contributed by atoms with E-state index in [0.29, 0.717) is 0 Å². The molecule has 0 aliphatic carbocycles. The first kappa shape index (κ1) is 10.6. The van der Waals surface area contributed by atoms with Crippen LogP contribution in [0.15, 0.2) is 13.2 Å². The first-order chi connectivity index (χ1) is 6.54. The van der Waals surface area contributed by atoms with Crippen LogP contribution in [0.2, 0.25) is 0 Å². The van der Waals surface area contributed by atoms with E-state index in [-0.39, 0.29) is 16.7 Å². The summed E-state index contributed by atoms with van der Waals surface area (Å²) >= 11 is 0. The van der Waals surface area contributed by atoms with Gasteiger partial charge in [0.25, 0.3) is 0 Å². The van der Waals surface area contributed by atoms with Crippen LogP contribution in [0.25, 0.3) is 12.2 Å². The number of hydrogen-bond donors (Lipinski definition) is 0. The highest BCUT2D eigenvalue weighted by atomic mass is 19.2. The second-order valence-electron chi connectivity index (χ2n) is 2.66.